The highest BCUT2D eigenvalue weighted by atomic mass is 16.6. The number of hydrogen-bond donors (Lipinski definition) is 0. The van der Waals surface area contributed by atoms with E-state index in [9.17, 15) is 14.4 Å². The van der Waals surface area contributed by atoms with Crippen molar-refractivity contribution in [3.05, 3.63) is 85.1 Å². The highest BCUT2D eigenvalue weighted by Crippen LogP contribution is 2.18. The Hall–Kier alpha value is -3.41. The number of hydrogen-bond acceptors (Lipinski definition) is 6. The molecule has 6 heteroatoms. The van der Waals surface area contributed by atoms with Crippen molar-refractivity contribution in [1.29, 1.82) is 0 Å². The smallest absolute Gasteiger partial charge is 0.306 e. The van der Waals surface area contributed by atoms with Crippen LogP contribution in [0.3, 0.4) is 0 Å². The van der Waals surface area contributed by atoms with E-state index in [-0.39, 0.29) is 31.1 Å². The summed E-state index contributed by atoms with van der Waals surface area (Å²) >= 11 is 0. The van der Waals surface area contributed by atoms with Crippen LogP contribution in [0.25, 0.3) is 0 Å². The van der Waals surface area contributed by atoms with Gasteiger partial charge in [0.15, 0.2) is 6.10 Å². The molecule has 1 atom stereocenters. The Labute approximate surface area is 496 Å². The molecule has 0 saturated heterocycles. The second-order valence-corrected chi connectivity index (χ2v) is 23.1. The molecule has 0 aromatic rings. The van der Waals surface area contributed by atoms with Crippen molar-refractivity contribution in [2.45, 2.75) is 354 Å². The predicted molar refractivity (Wildman–Crippen MR) is 348 cm³/mol. The van der Waals surface area contributed by atoms with Gasteiger partial charge in [-0.3, -0.25) is 14.4 Å². The largest absolute Gasteiger partial charge is 0.462 e. The fraction of sp³-hybridized carbons (Fsp3) is 0.770. The van der Waals surface area contributed by atoms with E-state index in [0.717, 1.165) is 103 Å². The van der Waals surface area contributed by atoms with E-state index < -0.39 is 6.10 Å². The van der Waals surface area contributed by atoms with E-state index >= 15 is 0 Å². The first-order chi connectivity index (χ1) is 39.5. The minimum atomic E-state index is -0.776. The summed E-state index contributed by atoms with van der Waals surface area (Å²) in [5.41, 5.74) is 0. The molecule has 0 spiro atoms. The van der Waals surface area contributed by atoms with Crippen LogP contribution >= 0.6 is 0 Å². The van der Waals surface area contributed by atoms with Crippen LogP contribution in [0.4, 0.5) is 0 Å². The number of rotatable bonds is 63. The molecular formula is C74H130O6. The normalized spacial score (nSPS) is 12.6. The summed E-state index contributed by atoms with van der Waals surface area (Å²) in [4.78, 5) is 38.3. The fourth-order valence-corrected chi connectivity index (χ4v) is 9.97. The lowest BCUT2D eigenvalue weighted by Gasteiger charge is -2.18. The van der Waals surface area contributed by atoms with Crippen LogP contribution in [0, 0.1) is 0 Å². The summed E-state index contributed by atoms with van der Waals surface area (Å²) in [5.74, 6) is -0.864. The van der Waals surface area contributed by atoms with E-state index in [0.29, 0.717) is 19.3 Å². The molecule has 0 amide bonds. The Balaban J connectivity index is 4.10. The van der Waals surface area contributed by atoms with E-state index in [4.69, 9.17) is 14.2 Å². The molecule has 0 aromatic carbocycles. The van der Waals surface area contributed by atoms with Crippen LogP contribution in [0.5, 0.6) is 0 Å². The Kier molecular flexibility index (Phi) is 65.2. The summed E-state index contributed by atoms with van der Waals surface area (Å²) in [7, 11) is 0. The first-order valence-corrected chi connectivity index (χ1v) is 34.6. The maximum atomic E-state index is 12.9. The Morgan fingerprint density at radius 2 is 0.487 bits per heavy atom. The molecule has 0 rings (SSSR count). The lowest BCUT2D eigenvalue weighted by molar-refractivity contribution is -0.167. The lowest BCUT2D eigenvalue weighted by Crippen LogP contribution is -2.30. The van der Waals surface area contributed by atoms with Crippen molar-refractivity contribution >= 4 is 17.9 Å². The van der Waals surface area contributed by atoms with Crippen molar-refractivity contribution in [1.82, 2.24) is 0 Å². The van der Waals surface area contributed by atoms with Gasteiger partial charge < -0.3 is 14.2 Å². The standard InChI is InChI=1S/C74H130O6/c1-4-7-10-13-16-19-22-25-27-28-29-30-31-32-33-34-35-36-37-38-39-40-41-42-43-44-45-46-48-49-52-55-58-61-64-67-73(76)79-70-71(69-78-72(75)66-63-60-57-54-51-24-21-18-15-12-9-6-3)80-74(77)68-65-62-59-56-53-50-47-26-23-20-17-14-11-8-5-2/h7,10,16,18-19,21,25,27,29-30,32-33,35-36,71H,4-6,8-9,11-15,17,20,22-24,26,28,31,34,37-70H2,1-3H3/b10-7-,19-16-,21-18-,27-25-,30-29-,33-32-,36-35-. The van der Waals surface area contributed by atoms with Crippen molar-refractivity contribution in [3.63, 3.8) is 0 Å². The summed E-state index contributed by atoms with van der Waals surface area (Å²) in [6.07, 6.45) is 90.4. The third-order valence-electron chi connectivity index (χ3n) is 15.1. The van der Waals surface area contributed by atoms with Gasteiger partial charge >= 0.3 is 17.9 Å². The molecule has 80 heavy (non-hydrogen) atoms. The van der Waals surface area contributed by atoms with Crippen molar-refractivity contribution in [2.75, 3.05) is 13.2 Å². The zero-order valence-electron chi connectivity index (χ0n) is 53.1. The zero-order valence-corrected chi connectivity index (χ0v) is 53.1. The highest BCUT2D eigenvalue weighted by molar-refractivity contribution is 5.71. The van der Waals surface area contributed by atoms with Crippen LogP contribution in [0.2, 0.25) is 0 Å². The first-order valence-electron chi connectivity index (χ1n) is 34.6. The average Bonchev–Trinajstić information content (AvgIpc) is 3.46. The molecule has 0 heterocycles. The lowest BCUT2D eigenvalue weighted by atomic mass is 10.0. The fourth-order valence-electron chi connectivity index (χ4n) is 9.97. The molecule has 462 valence electrons. The van der Waals surface area contributed by atoms with Crippen LogP contribution in [0.15, 0.2) is 85.1 Å². The minimum Gasteiger partial charge on any atom is -0.462 e. The summed E-state index contributed by atoms with van der Waals surface area (Å²) in [6, 6.07) is 0. The third kappa shape index (κ3) is 65.4. The quantitative estimate of drug-likeness (QED) is 0.0261. The SMILES string of the molecule is CC/C=C\C/C=C\C/C=C\C/C=C\C/C=C\C/C=C\CCCCCCCCCCCCCCCCCCC(=O)OCC(COC(=O)CCCCCCC/C=C\CCCCC)OC(=O)CCCCCCCCCCCCCCCCC. The molecule has 0 aliphatic carbocycles. The first kappa shape index (κ1) is 76.6. The number of unbranched alkanes of at least 4 members (excludes halogenated alkanes) is 38. The maximum absolute atomic E-state index is 12.9. The van der Waals surface area contributed by atoms with Crippen molar-refractivity contribution in [2.24, 2.45) is 0 Å². The van der Waals surface area contributed by atoms with Crippen LogP contribution < -0.4 is 0 Å². The Morgan fingerprint density at radius 1 is 0.263 bits per heavy atom. The zero-order chi connectivity index (χ0) is 57.8. The van der Waals surface area contributed by atoms with Gasteiger partial charge in [0.2, 0.25) is 0 Å². The molecule has 0 aliphatic heterocycles. The summed E-state index contributed by atoms with van der Waals surface area (Å²) < 4.78 is 16.9. The predicted octanol–water partition coefficient (Wildman–Crippen LogP) is 23.8. The van der Waals surface area contributed by atoms with Gasteiger partial charge in [0.25, 0.3) is 0 Å². The molecule has 0 saturated carbocycles. The van der Waals surface area contributed by atoms with Gasteiger partial charge in [0.1, 0.15) is 13.2 Å². The van der Waals surface area contributed by atoms with Crippen molar-refractivity contribution in [3.8, 4) is 0 Å². The van der Waals surface area contributed by atoms with Gasteiger partial charge in [0, 0.05) is 19.3 Å². The molecule has 0 aromatic heterocycles. The molecule has 0 bridgehead atoms. The van der Waals surface area contributed by atoms with Gasteiger partial charge in [0.05, 0.1) is 0 Å². The van der Waals surface area contributed by atoms with Gasteiger partial charge in [-0.15, -0.1) is 0 Å². The maximum Gasteiger partial charge on any atom is 0.306 e. The van der Waals surface area contributed by atoms with Crippen LogP contribution in [0.1, 0.15) is 348 Å². The van der Waals surface area contributed by atoms with Crippen LogP contribution in [-0.2, 0) is 28.6 Å². The average molecular weight is 1120 g/mol. The number of esters is 3. The highest BCUT2D eigenvalue weighted by Gasteiger charge is 2.19. The second-order valence-electron chi connectivity index (χ2n) is 23.1. The van der Waals surface area contributed by atoms with E-state index in [2.05, 4.69) is 106 Å². The number of carbonyl (C=O) groups is 3. The second kappa shape index (κ2) is 68.1. The molecular weight excluding hydrogens is 985 g/mol. The van der Waals surface area contributed by atoms with Crippen LogP contribution in [-0.4, -0.2) is 37.2 Å². The molecule has 6 nitrogen and oxygen atoms in total. The van der Waals surface area contributed by atoms with Crippen molar-refractivity contribution < 1.29 is 28.6 Å². The van der Waals surface area contributed by atoms with Gasteiger partial charge in [-0.05, 0) is 96.3 Å². The molecule has 1 unspecified atom stereocenters. The summed E-state index contributed by atoms with van der Waals surface area (Å²) in [5, 5.41) is 0. The monoisotopic (exact) mass is 1110 g/mol. The third-order valence-corrected chi connectivity index (χ3v) is 15.1. The molecule has 0 fully saturated rings. The topological polar surface area (TPSA) is 78.9 Å². The molecule has 0 aliphatic rings. The molecule has 0 radical (unpaired) electrons. The Morgan fingerprint density at radius 3 is 0.800 bits per heavy atom. The number of ether oxygens (including phenoxy) is 3. The van der Waals surface area contributed by atoms with E-state index in [1.54, 1.807) is 0 Å². The summed E-state index contributed by atoms with van der Waals surface area (Å²) in [6.45, 7) is 6.54. The van der Waals surface area contributed by atoms with E-state index in [1.165, 1.54) is 205 Å². The van der Waals surface area contributed by atoms with Gasteiger partial charge in [-0.1, -0.05) is 318 Å². The van der Waals surface area contributed by atoms with Gasteiger partial charge in [-0.25, -0.2) is 0 Å². The Bertz CT molecular complexity index is 1520. The van der Waals surface area contributed by atoms with E-state index in [1.807, 2.05) is 0 Å². The number of allylic oxidation sites excluding steroid dienone is 14. The minimum absolute atomic E-state index is 0.0733. The molecule has 0 N–H and O–H groups in total. The number of carbonyl (C=O) groups excluding carboxylic acids is 3. The van der Waals surface area contributed by atoms with Gasteiger partial charge in [-0.2, -0.15) is 0 Å².